The minimum Gasteiger partial charge on any atom is -0.460 e. The highest BCUT2D eigenvalue weighted by Crippen LogP contribution is 2.24. The minimum atomic E-state index is -0.271. The van der Waals surface area contributed by atoms with E-state index in [1.807, 2.05) is 6.07 Å². The number of furan rings is 1. The van der Waals surface area contributed by atoms with E-state index in [-0.39, 0.29) is 18.2 Å². The molecule has 2 rings (SSSR count). The second-order valence-corrected chi connectivity index (χ2v) is 3.67. The van der Waals surface area contributed by atoms with Crippen molar-refractivity contribution in [2.24, 2.45) is 0 Å². The molecule has 4 heteroatoms. The Labute approximate surface area is 112 Å². The summed E-state index contributed by atoms with van der Waals surface area (Å²) in [4.78, 5) is 0. The maximum atomic E-state index is 13.5. The van der Waals surface area contributed by atoms with Crippen LogP contribution in [0.15, 0.2) is 53.5 Å². The first-order chi connectivity index (χ1) is 8.31. The van der Waals surface area contributed by atoms with Crippen molar-refractivity contribution >= 4 is 12.4 Å². The van der Waals surface area contributed by atoms with Gasteiger partial charge in [0.05, 0.1) is 12.1 Å². The van der Waals surface area contributed by atoms with Crippen LogP contribution in [0.4, 0.5) is 4.39 Å². The molecule has 0 atom stereocenters. The molecule has 1 heterocycles. The molecule has 0 aliphatic heterocycles. The molecule has 1 aromatic carbocycles. The topological polar surface area (TPSA) is 25.2 Å². The van der Waals surface area contributed by atoms with E-state index in [0.717, 1.165) is 12.3 Å². The third-order valence-electron chi connectivity index (χ3n) is 2.39. The highest BCUT2D eigenvalue weighted by molar-refractivity contribution is 5.85. The van der Waals surface area contributed by atoms with Gasteiger partial charge in [-0.05, 0) is 24.3 Å². The fraction of sp³-hybridized carbons (Fsp3) is 0.143. The molecule has 2 aromatic rings. The van der Waals surface area contributed by atoms with E-state index in [1.165, 1.54) is 6.07 Å². The van der Waals surface area contributed by atoms with Crippen LogP contribution in [0.3, 0.4) is 0 Å². The quantitative estimate of drug-likeness (QED) is 0.659. The SMILES string of the molecule is C=CCNCc1ccc(-c2ccccc2F)o1.Cl. The lowest BCUT2D eigenvalue weighted by atomic mass is 10.1. The Morgan fingerprint density at radius 3 is 2.72 bits per heavy atom. The number of nitrogens with one attached hydrogen (secondary N) is 1. The van der Waals surface area contributed by atoms with E-state index in [0.29, 0.717) is 17.9 Å². The van der Waals surface area contributed by atoms with E-state index in [2.05, 4.69) is 11.9 Å². The van der Waals surface area contributed by atoms with E-state index < -0.39 is 0 Å². The third kappa shape index (κ3) is 3.45. The highest BCUT2D eigenvalue weighted by Gasteiger charge is 2.08. The Morgan fingerprint density at radius 1 is 1.22 bits per heavy atom. The smallest absolute Gasteiger partial charge is 0.137 e. The molecule has 0 unspecified atom stereocenters. The molecule has 1 N–H and O–H groups in total. The normalized spacial score (nSPS) is 9.83. The van der Waals surface area contributed by atoms with Crippen LogP contribution in [0.1, 0.15) is 5.76 Å². The predicted molar refractivity (Wildman–Crippen MR) is 73.3 cm³/mol. The van der Waals surface area contributed by atoms with Crippen LogP contribution >= 0.6 is 12.4 Å². The fourth-order valence-electron chi connectivity index (χ4n) is 1.58. The van der Waals surface area contributed by atoms with Gasteiger partial charge in [0.2, 0.25) is 0 Å². The van der Waals surface area contributed by atoms with Crippen molar-refractivity contribution in [3.05, 3.63) is 60.6 Å². The summed E-state index contributed by atoms with van der Waals surface area (Å²) in [5.74, 6) is 1.07. The molecule has 0 spiro atoms. The van der Waals surface area contributed by atoms with Crippen molar-refractivity contribution in [1.82, 2.24) is 5.32 Å². The number of halogens is 2. The van der Waals surface area contributed by atoms with Gasteiger partial charge >= 0.3 is 0 Å². The largest absolute Gasteiger partial charge is 0.460 e. The summed E-state index contributed by atoms with van der Waals surface area (Å²) in [6.45, 7) is 4.94. The van der Waals surface area contributed by atoms with Gasteiger partial charge in [-0.2, -0.15) is 0 Å². The maximum Gasteiger partial charge on any atom is 0.137 e. The van der Waals surface area contributed by atoms with Crippen LogP contribution in [-0.2, 0) is 6.54 Å². The van der Waals surface area contributed by atoms with Crippen molar-refractivity contribution in [1.29, 1.82) is 0 Å². The zero-order valence-electron chi connectivity index (χ0n) is 9.86. The first-order valence-electron chi connectivity index (χ1n) is 5.46. The van der Waals surface area contributed by atoms with Gasteiger partial charge < -0.3 is 9.73 Å². The lowest BCUT2D eigenvalue weighted by Crippen LogP contribution is -2.11. The Kier molecular flexibility index (Phi) is 5.62. The van der Waals surface area contributed by atoms with Gasteiger partial charge in [-0.15, -0.1) is 19.0 Å². The summed E-state index contributed by atoms with van der Waals surface area (Å²) in [7, 11) is 0. The monoisotopic (exact) mass is 267 g/mol. The second kappa shape index (κ2) is 6.99. The molecule has 0 radical (unpaired) electrons. The van der Waals surface area contributed by atoms with Crippen LogP contribution in [0.2, 0.25) is 0 Å². The van der Waals surface area contributed by atoms with Crippen molar-refractivity contribution in [2.45, 2.75) is 6.54 Å². The third-order valence-corrected chi connectivity index (χ3v) is 2.39. The molecule has 0 fully saturated rings. The Balaban J connectivity index is 0.00000162. The van der Waals surface area contributed by atoms with E-state index >= 15 is 0 Å². The standard InChI is InChI=1S/C14H14FNO.ClH/c1-2-9-16-10-11-7-8-14(17-11)12-5-3-4-6-13(12)15;/h2-8,16H,1,9-10H2;1H. The number of benzene rings is 1. The highest BCUT2D eigenvalue weighted by atomic mass is 35.5. The van der Waals surface area contributed by atoms with E-state index in [9.17, 15) is 4.39 Å². The molecule has 0 aliphatic carbocycles. The Bertz CT molecular complexity index is 510. The molecule has 18 heavy (non-hydrogen) atoms. The fourth-order valence-corrected chi connectivity index (χ4v) is 1.58. The second-order valence-electron chi connectivity index (χ2n) is 3.67. The molecule has 0 amide bonds. The van der Waals surface area contributed by atoms with Gasteiger partial charge in [-0.1, -0.05) is 18.2 Å². The molecule has 1 aromatic heterocycles. The number of hydrogen-bond donors (Lipinski definition) is 1. The summed E-state index contributed by atoms with van der Waals surface area (Å²) in [6, 6.07) is 10.2. The van der Waals surface area contributed by atoms with Crippen molar-refractivity contribution in [3.8, 4) is 11.3 Å². The summed E-state index contributed by atoms with van der Waals surface area (Å²) < 4.78 is 19.1. The average molecular weight is 268 g/mol. The molecule has 0 aliphatic rings. The minimum absolute atomic E-state index is 0. The average Bonchev–Trinajstić information content (AvgIpc) is 2.79. The summed E-state index contributed by atoms with van der Waals surface area (Å²) in [6.07, 6.45) is 1.78. The maximum absolute atomic E-state index is 13.5. The lowest BCUT2D eigenvalue weighted by molar-refractivity contribution is 0.498. The molecule has 0 saturated carbocycles. The summed E-state index contributed by atoms with van der Waals surface area (Å²) in [5.41, 5.74) is 0.488. The van der Waals surface area contributed by atoms with Gasteiger partial charge in [0.15, 0.2) is 0 Å². The van der Waals surface area contributed by atoms with E-state index in [4.69, 9.17) is 4.42 Å². The predicted octanol–water partition coefficient (Wildman–Crippen LogP) is 3.78. The van der Waals surface area contributed by atoms with Crippen molar-refractivity contribution in [2.75, 3.05) is 6.54 Å². The van der Waals surface area contributed by atoms with Crippen LogP contribution in [0, 0.1) is 5.82 Å². The van der Waals surface area contributed by atoms with Crippen molar-refractivity contribution < 1.29 is 8.81 Å². The van der Waals surface area contributed by atoms with Gasteiger partial charge in [0, 0.05) is 6.54 Å². The van der Waals surface area contributed by atoms with Gasteiger partial charge in [0.1, 0.15) is 17.3 Å². The van der Waals surface area contributed by atoms with Crippen LogP contribution in [0.25, 0.3) is 11.3 Å². The molecular formula is C14H15ClFNO. The molecule has 96 valence electrons. The first kappa shape index (κ1) is 14.5. The number of rotatable bonds is 5. The van der Waals surface area contributed by atoms with Crippen molar-refractivity contribution in [3.63, 3.8) is 0 Å². The van der Waals surface area contributed by atoms with Gasteiger partial charge in [-0.25, -0.2) is 4.39 Å². The van der Waals surface area contributed by atoms with Gasteiger partial charge in [-0.3, -0.25) is 0 Å². The zero-order valence-corrected chi connectivity index (χ0v) is 10.7. The molecule has 0 bridgehead atoms. The van der Waals surface area contributed by atoms with Crippen LogP contribution in [0.5, 0.6) is 0 Å². The zero-order chi connectivity index (χ0) is 12.1. The summed E-state index contributed by atoms with van der Waals surface area (Å²) in [5, 5.41) is 3.13. The summed E-state index contributed by atoms with van der Waals surface area (Å²) >= 11 is 0. The first-order valence-corrected chi connectivity index (χ1v) is 5.46. The van der Waals surface area contributed by atoms with Crippen LogP contribution < -0.4 is 5.32 Å². The Morgan fingerprint density at radius 2 is 2.00 bits per heavy atom. The Hall–Kier alpha value is -1.58. The van der Waals surface area contributed by atoms with Gasteiger partial charge in [0.25, 0.3) is 0 Å². The molecule has 0 saturated heterocycles. The molecular weight excluding hydrogens is 253 g/mol. The lowest BCUT2D eigenvalue weighted by Gasteiger charge is -1.99. The number of hydrogen-bond acceptors (Lipinski definition) is 2. The van der Waals surface area contributed by atoms with Crippen LogP contribution in [-0.4, -0.2) is 6.54 Å². The van der Waals surface area contributed by atoms with E-state index in [1.54, 1.807) is 30.3 Å². The molecule has 2 nitrogen and oxygen atoms in total.